The smallest absolute Gasteiger partial charge is 0.0713 e. The Balaban J connectivity index is 0.980. The SMILES string of the molecule is c1ccc(C2(c3ccccc3)c3ccccc3-c3cc(N(c4ccc(-c5cccc6c5sc5ccccc56)cc4)c4ccc(-c5cccc6c5sc5ccccc56)cc4)ccc32)cc1. The molecule has 0 fully saturated rings. The second-order valence-electron chi connectivity index (χ2n) is 16.7. The highest BCUT2D eigenvalue weighted by Crippen LogP contribution is 2.57. The molecule has 10 aromatic carbocycles. The molecule has 2 heterocycles. The van der Waals surface area contributed by atoms with E-state index < -0.39 is 5.41 Å². The van der Waals surface area contributed by atoms with Crippen molar-refractivity contribution in [3.8, 4) is 33.4 Å². The molecule has 0 saturated heterocycles. The maximum Gasteiger partial charge on any atom is 0.0713 e. The molecule has 0 radical (unpaired) electrons. The van der Waals surface area contributed by atoms with Crippen LogP contribution in [0.2, 0.25) is 0 Å². The van der Waals surface area contributed by atoms with Crippen LogP contribution < -0.4 is 4.90 Å². The van der Waals surface area contributed by atoms with Gasteiger partial charge in [0.15, 0.2) is 0 Å². The molecule has 12 aromatic rings. The Kier molecular flexibility index (Phi) is 8.55. The second kappa shape index (κ2) is 14.8. The van der Waals surface area contributed by atoms with E-state index >= 15 is 0 Å². The molecule has 0 bridgehead atoms. The third kappa shape index (κ3) is 5.61. The molecule has 1 aliphatic rings. The first-order valence-corrected chi connectivity index (χ1v) is 23.5. The van der Waals surface area contributed by atoms with Gasteiger partial charge in [0.1, 0.15) is 0 Å². The summed E-state index contributed by atoms with van der Waals surface area (Å²) in [5.74, 6) is 0. The quantitative estimate of drug-likeness (QED) is 0.154. The topological polar surface area (TPSA) is 3.24 Å². The summed E-state index contributed by atoms with van der Waals surface area (Å²) in [5, 5.41) is 5.27. The standard InChI is InChI=1S/C61H39NS2/c1-3-15-42(16-4-1)61(43-17-5-2-6-18-43)55-26-10-7-19-49(55)54-39-46(37-38-56(54)61)62(44-33-29-40(30-34-44)47-22-13-24-52-50-20-8-11-27-57(50)63-59(47)52)45-35-31-41(32-36-45)48-23-14-25-53-51-21-9-12-28-58(51)64-60(48)53/h1-39H. The van der Waals surface area contributed by atoms with Crippen LogP contribution in [-0.2, 0) is 5.41 Å². The summed E-state index contributed by atoms with van der Waals surface area (Å²) < 4.78 is 5.30. The molecule has 0 unspecified atom stereocenters. The number of anilines is 3. The van der Waals surface area contributed by atoms with Crippen molar-refractivity contribution >= 4 is 80.1 Å². The van der Waals surface area contributed by atoms with E-state index in [2.05, 4.69) is 241 Å². The van der Waals surface area contributed by atoms with E-state index in [1.165, 1.54) is 96.0 Å². The van der Waals surface area contributed by atoms with Gasteiger partial charge >= 0.3 is 0 Å². The molecule has 0 aliphatic heterocycles. The first-order valence-electron chi connectivity index (χ1n) is 21.9. The molecule has 3 heteroatoms. The fraction of sp³-hybridized carbons (Fsp3) is 0.0164. The van der Waals surface area contributed by atoms with Gasteiger partial charge in [-0.1, -0.05) is 188 Å². The molecule has 1 aliphatic carbocycles. The highest BCUT2D eigenvalue weighted by molar-refractivity contribution is 7.26. The van der Waals surface area contributed by atoms with Crippen LogP contribution in [0.1, 0.15) is 22.3 Å². The molecule has 0 saturated carbocycles. The number of fused-ring (bicyclic) bond motifs is 9. The number of nitrogens with zero attached hydrogens (tertiary/aromatic N) is 1. The van der Waals surface area contributed by atoms with Gasteiger partial charge in [-0.3, -0.25) is 0 Å². The van der Waals surface area contributed by atoms with Crippen molar-refractivity contribution in [3.05, 3.63) is 259 Å². The lowest BCUT2D eigenvalue weighted by Crippen LogP contribution is -2.28. The van der Waals surface area contributed by atoms with E-state index in [1.807, 2.05) is 22.7 Å². The average Bonchev–Trinajstić information content (AvgIpc) is 4.04. The second-order valence-corrected chi connectivity index (χ2v) is 18.9. The van der Waals surface area contributed by atoms with E-state index in [0.717, 1.165) is 17.1 Å². The minimum absolute atomic E-state index is 0.456. The molecule has 0 spiro atoms. The summed E-state index contributed by atoms with van der Waals surface area (Å²) >= 11 is 3.76. The molecule has 2 aromatic heterocycles. The van der Waals surface area contributed by atoms with E-state index in [0.29, 0.717) is 0 Å². The van der Waals surface area contributed by atoms with E-state index in [1.54, 1.807) is 0 Å². The molecular formula is C61H39NS2. The van der Waals surface area contributed by atoms with Crippen molar-refractivity contribution in [3.63, 3.8) is 0 Å². The number of benzene rings is 10. The largest absolute Gasteiger partial charge is 0.310 e. The maximum absolute atomic E-state index is 2.43. The number of hydrogen-bond donors (Lipinski definition) is 0. The van der Waals surface area contributed by atoms with Crippen molar-refractivity contribution in [2.24, 2.45) is 0 Å². The Bertz CT molecular complexity index is 3520. The van der Waals surface area contributed by atoms with E-state index in [-0.39, 0.29) is 0 Å². The summed E-state index contributed by atoms with van der Waals surface area (Å²) in [4.78, 5) is 2.43. The number of hydrogen-bond acceptors (Lipinski definition) is 3. The zero-order chi connectivity index (χ0) is 42.2. The number of thiophene rings is 2. The Morgan fingerprint density at radius 3 is 1.27 bits per heavy atom. The van der Waals surface area contributed by atoms with Crippen LogP contribution in [0.5, 0.6) is 0 Å². The van der Waals surface area contributed by atoms with Gasteiger partial charge in [0.2, 0.25) is 0 Å². The van der Waals surface area contributed by atoms with Crippen molar-refractivity contribution in [2.45, 2.75) is 5.41 Å². The highest BCUT2D eigenvalue weighted by atomic mass is 32.1. The van der Waals surface area contributed by atoms with Gasteiger partial charge in [0.25, 0.3) is 0 Å². The molecule has 0 N–H and O–H groups in total. The van der Waals surface area contributed by atoms with Crippen LogP contribution in [0.3, 0.4) is 0 Å². The van der Waals surface area contributed by atoms with E-state index in [9.17, 15) is 0 Å². The molecule has 0 amide bonds. The van der Waals surface area contributed by atoms with Crippen LogP contribution >= 0.6 is 22.7 Å². The lowest BCUT2D eigenvalue weighted by molar-refractivity contribution is 0.768. The monoisotopic (exact) mass is 849 g/mol. The van der Waals surface area contributed by atoms with Gasteiger partial charge in [-0.2, -0.15) is 0 Å². The normalized spacial score (nSPS) is 12.8. The first kappa shape index (κ1) is 37.0. The molecule has 0 atom stereocenters. The van der Waals surface area contributed by atoms with Crippen LogP contribution in [-0.4, -0.2) is 0 Å². The molecule has 64 heavy (non-hydrogen) atoms. The zero-order valence-corrected chi connectivity index (χ0v) is 36.4. The molecule has 1 nitrogen and oxygen atoms in total. The van der Waals surface area contributed by atoms with Crippen molar-refractivity contribution in [1.29, 1.82) is 0 Å². The maximum atomic E-state index is 2.43. The van der Waals surface area contributed by atoms with Gasteiger partial charge in [-0.25, -0.2) is 0 Å². The van der Waals surface area contributed by atoms with Gasteiger partial charge in [-0.05, 0) is 104 Å². The lowest BCUT2D eigenvalue weighted by atomic mass is 9.68. The third-order valence-electron chi connectivity index (χ3n) is 13.4. The van der Waals surface area contributed by atoms with E-state index in [4.69, 9.17) is 0 Å². The number of rotatable bonds is 7. The Labute approximate surface area is 380 Å². The Hall–Kier alpha value is -7.56. The van der Waals surface area contributed by atoms with Gasteiger partial charge in [0.05, 0.1) is 5.41 Å². The average molecular weight is 850 g/mol. The summed E-state index contributed by atoms with van der Waals surface area (Å²) in [6, 6.07) is 87.6. The highest BCUT2D eigenvalue weighted by Gasteiger charge is 2.46. The minimum Gasteiger partial charge on any atom is -0.310 e. The minimum atomic E-state index is -0.456. The molecule has 300 valence electrons. The van der Waals surface area contributed by atoms with Crippen LogP contribution in [0, 0.1) is 0 Å². The third-order valence-corrected chi connectivity index (χ3v) is 15.8. The lowest BCUT2D eigenvalue weighted by Gasteiger charge is -2.34. The van der Waals surface area contributed by atoms with Crippen LogP contribution in [0.4, 0.5) is 17.1 Å². The fourth-order valence-corrected chi connectivity index (χ4v) is 13.0. The van der Waals surface area contributed by atoms with Crippen LogP contribution in [0.15, 0.2) is 237 Å². The van der Waals surface area contributed by atoms with Crippen LogP contribution in [0.25, 0.3) is 73.7 Å². The summed E-state index contributed by atoms with van der Waals surface area (Å²) in [5.41, 5.74) is 15.5. The Morgan fingerprint density at radius 1 is 0.297 bits per heavy atom. The van der Waals surface area contributed by atoms with Crippen molar-refractivity contribution in [1.82, 2.24) is 0 Å². The van der Waals surface area contributed by atoms with Crippen molar-refractivity contribution < 1.29 is 0 Å². The van der Waals surface area contributed by atoms with Crippen molar-refractivity contribution in [2.75, 3.05) is 4.90 Å². The van der Waals surface area contributed by atoms with Gasteiger partial charge in [0, 0.05) is 57.4 Å². The fourth-order valence-electron chi connectivity index (χ4n) is 10.6. The van der Waals surface area contributed by atoms with Gasteiger partial charge < -0.3 is 4.90 Å². The Morgan fingerprint density at radius 2 is 0.719 bits per heavy atom. The molecule has 13 rings (SSSR count). The summed E-state index contributed by atoms with van der Waals surface area (Å²) in [6.07, 6.45) is 0. The first-order chi connectivity index (χ1) is 31.7. The molecular weight excluding hydrogens is 811 g/mol. The summed E-state index contributed by atoms with van der Waals surface area (Å²) in [7, 11) is 0. The predicted octanol–water partition coefficient (Wildman–Crippen LogP) is 17.6. The predicted molar refractivity (Wildman–Crippen MR) is 275 cm³/mol. The van der Waals surface area contributed by atoms with Gasteiger partial charge in [-0.15, -0.1) is 22.7 Å². The summed E-state index contributed by atoms with van der Waals surface area (Å²) in [6.45, 7) is 0. The zero-order valence-electron chi connectivity index (χ0n) is 34.8.